The van der Waals surface area contributed by atoms with Gasteiger partial charge in [0.1, 0.15) is 5.15 Å². The minimum Gasteiger partial charge on any atom is -0.241 e. The zero-order valence-corrected chi connectivity index (χ0v) is 9.88. The van der Waals surface area contributed by atoms with E-state index in [1.54, 1.807) is 0 Å². The van der Waals surface area contributed by atoms with Crippen LogP contribution in [0.25, 0.3) is 0 Å². The second-order valence-electron chi connectivity index (χ2n) is 3.94. The molecule has 0 saturated carbocycles. The van der Waals surface area contributed by atoms with Crippen LogP contribution >= 0.6 is 11.6 Å². The van der Waals surface area contributed by atoms with Gasteiger partial charge < -0.3 is 0 Å². The van der Waals surface area contributed by atoms with Gasteiger partial charge in [-0.2, -0.15) is 0 Å². The molecule has 0 radical (unpaired) electrons. The van der Waals surface area contributed by atoms with Crippen molar-refractivity contribution in [2.75, 3.05) is 0 Å². The van der Waals surface area contributed by atoms with Crippen LogP contribution < -0.4 is 0 Å². The first-order chi connectivity index (χ1) is 6.65. The lowest BCUT2D eigenvalue weighted by Gasteiger charge is -2.18. The molecule has 0 saturated heterocycles. The summed E-state index contributed by atoms with van der Waals surface area (Å²) in [6.07, 6.45) is 2.47. The quantitative estimate of drug-likeness (QED) is 0.678. The summed E-state index contributed by atoms with van der Waals surface area (Å²) in [5.74, 6) is 1.17. The van der Waals surface area contributed by atoms with Gasteiger partial charge in [0.25, 0.3) is 0 Å². The highest BCUT2D eigenvalue weighted by molar-refractivity contribution is 6.29. The van der Waals surface area contributed by atoms with Crippen LogP contribution in [0.2, 0.25) is 5.15 Å². The normalized spacial score (nSPS) is 15.1. The van der Waals surface area contributed by atoms with E-state index in [2.05, 4.69) is 31.8 Å². The Morgan fingerprint density at radius 3 is 2.64 bits per heavy atom. The van der Waals surface area contributed by atoms with E-state index in [0.29, 0.717) is 17.0 Å². The monoisotopic (exact) mass is 211 g/mol. The average Bonchev–Trinajstić information content (AvgIpc) is 2.17. The first kappa shape index (κ1) is 11.5. The summed E-state index contributed by atoms with van der Waals surface area (Å²) >= 11 is 5.86. The molecule has 1 aromatic rings. The summed E-state index contributed by atoms with van der Waals surface area (Å²) in [7, 11) is 0. The molecule has 1 heterocycles. The number of hydrogen-bond donors (Lipinski definition) is 0. The van der Waals surface area contributed by atoms with Gasteiger partial charge in [0.05, 0.1) is 0 Å². The Kier molecular flexibility index (Phi) is 4.40. The highest BCUT2D eigenvalue weighted by atomic mass is 35.5. The third kappa shape index (κ3) is 2.98. The van der Waals surface area contributed by atoms with Crippen LogP contribution in [0.1, 0.15) is 45.2 Å². The van der Waals surface area contributed by atoms with Gasteiger partial charge in [0.15, 0.2) is 0 Å². The molecule has 0 fully saturated rings. The Bertz CT molecular complexity index is 285. The molecule has 2 atom stereocenters. The number of halogens is 1. The van der Waals surface area contributed by atoms with E-state index in [1.165, 1.54) is 12.8 Å². The number of aromatic nitrogens is 1. The van der Waals surface area contributed by atoms with Crippen molar-refractivity contribution in [3.63, 3.8) is 0 Å². The first-order valence-corrected chi connectivity index (χ1v) is 5.65. The maximum Gasteiger partial charge on any atom is 0.129 e. The van der Waals surface area contributed by atoms with E-state index >= 15 is 0 Å². The third-order valence-corrected chi connectivity index (χ3v) is 3.01. The second-order valence-corrected chi connectivity index (χ2v) is 4.33. The zero-order chi connectivity index (χ0) is 10.6. The first-order valence-electron chi connectivity index (χ1n) is 5.27. The van der Waals surface area contributed by atoms with Gasteiger partial charge in [-0.15, -0.1) is 0 Å². The van der Waals surface area contributed by atoms with Crippen LogP contribution in [0, 0.1) is 5.92 Å². The molecule has 0 aliphatic rings. The molecular weight excluding hydrogens is 194 g/mol. The van der Waals surface area contributed by atoms with E-state index < -0.39 is 0 Å². The lowest BCUT2D eigenvalue weighted by atomic mass is 9.89. The minimum atomic E-state index is 0.494. The van der Waals surface area contributed by atoms with Crippen LogP contribution in [0.15, 0.2) is 18.2 Å². The topological polar surface area (TPSA) is 12.9 Å². The Morgan fingerprint density at radius 2 is 2.07 bits per heavy atom. The van der Waals surface area contributed by atoms with E-state index in [9.17, 15) is 0 Å². The highest BCUT2D eigenvalue weighted by Gasteiger charge is 2.14. The van der Waals surface area contributed by atoms with Crippen LogP contribution in [0.4, 0.5) is 0 Å². The lowest BCUT2D eigenvalue weighted by molar-refractivity contribution is 0.441. The maximum absolute atomic E-state index is 5.86. The summed E-state index contributed by atoms with van der Waals surface area (Å²) < 4.78 is 0. The standard InChI is InChI=1S/C12H18ClN/c1-4-6-9(2)10(3)11-7-5-8-12(13)14-11/h5,7-10H,4,6H2,1-3H3. The molecular formula is C12H18ClN. The van der Waals surface area contributed by atoms with Crippen molar-refractivity contribution in [3.8, 4) is 0 Å². The van der Waals surface area contributed by atoms with E-state index in [4.69, 9.17) is 11.6 Å². The van der Waals surface area contributed by atoms with Crippen molar-refractivity contribution < 1.29 is 0 Å². The fraction of sp³-hybridized carbons (Fsp3) is 0.583. The number of rotatable bonds is 4. The molecule has 14 heavy (non-hydrogen) atoms. The van der Waals surface area contributed by atoms with E-state index in [-0.39, 0.29) is 0 Å². The van der Waals surface area contributed by atoms with Crippen molar-refractivity contribution in [2.24, 2.45) is 5.92 Å². The number of nitrogens with zero attached hydrogens (tertiary/aromatic N) is 1. The maximum atomic E-state index is 5.86. The fourth-order valence-corrected chi connectivity index (χ4v) is 1.84. The fourth-order valence-electron chi connectivity index (χ4n) is 1.67. The number of pyridine rings is 1. The minimum absolute atomic E-state index is 0.494. The summed E-state index contributed by atoms with van der Waals surface area (Å²) in [6.45, 7) is 6.71. The molecule has 0 aromatic carbocycles. The SMILES string of the molecule is CCCC(C)C(C)c1cccc(Cl)n1. The molecule has 1 nitrogen and oxygen atoms in total. The molecule has 2 heteroatoms. The molecule has 2 unspecified atom stereocenters. The zero-order valence-electron chi connectivity index (χ0n) is 9.13. The van der Waals surface area contributed by atoms with Crippen LogP contribution in [-0.4, -0.2) is 4.98 Å². The highest BCUT2D eigenvalue weighted by Crippen LogP contribution is 2.26. The van der Waals surface area contributed by atoms with Gasteiger partial charge in [-0.3, -0.25) is 0 Å². The summed E-state index contributed by atoms with van der Waals surface area (Å²) in [5.41, 5.74) is 1.11. The van der Waals surface area contributed by atoms with Crippen molar-refractivity contribution in [1.29, 1.82) is 0 Å². The van der Waals surface area contributed by atoms with E-state index in [0.717, 1.165) is 5.69 Å². The summed E-state index contributed by atoms with van der Waals surface area (Å²) in [5, 5.41) is 0.595. The molecule has 0 amide bonds. The Hall–Kier alpha value is -0.560. The van der Waals surface area contributed by atoms with Gasteiger partial charge in [-0.1, -0.05) is 51.3 Å². The molecule has 0 aliphatic carbocycles. The molecule has 0 spiro atoms. The average molecular weight is 212 g/mol. The summed E-state index contributed by atoms with van der Waals surface area (Å²) in [4.78, 5) is 4.34. The van der Waals surface area contributed by atoms with Gasteiger partial charge in [0.2, 0.25) is 0 Å². The van der Waals surface area contributed by atoms with Crippen molar-refractivity contribution in [3.05, 3.63) is 29.0 Å². The van der Waals surface area contributed by atoms with Gasteiger partial charge in [-0.05, 0) is 18.1 Å². The third-order valence-electron chi connectivity index (χ3n) is 2.80. The predicted molar refractivity (Wildman–Crippen MR) is 61.7 cm³/mol. The molecule has 0 aliphatic heterocycles. The van der Waals surface area contributed by atoms with E-state index in [1.807, 2.05) is 12.1 Å². The Morgan fingerprint density at radius 1 is 1.36 bits per heavy atom. The summed E-state index contributed by atoms with van der Waals surface area (Å²) in [6, 6.07) is 5.85. The number of hydrogen-bond acceptors (Lipinski definition) is 1. The predicted octanol–water partition coefficient (Wildman–Crippen LogP) is 4.27. The van der Waals surface area contributed by atoms with Crippen molar-refractivity contribution in [2.45, 2.75) is 39.5 Å². The van der Waals surface area contributed by atoms with Crippen LogP contribution in [-0.2, 0) is 0 Å². The van der Waals surface area contributed by atoms with Crippen molar-refractivity contribution >= 4 is 11.6 Å². The molecule has 78 valence electrons. The Labute approximate surface area is 91.5 Å². The van der Waals surface area contributed by atoms with Crippen LogP contribution in [0.3, 0.4) is 0 Å². The molecule has 1 aromatic heterocycles. The molecule has 0 bridgehead atoms. The smallest absolute Gasteiger partial charge is 0.129 e. The molecule has 0 N–H and O–H groups in total. The molecule has 1 rings (SSSR count). The van der Waals surface area contributed by atoms with Gasteiger partial charge >= 0.3 is 0 Å². The van der Waals surface area contributed by atoms with Gasteiger partial charge in [-0.25, -0.2) is 4.98 Å². The van der Waals surface area contributed by atoms with Gasteiger partial charge in [0, 0.05) is 11.6 Å². The Balaban J connectivity index is 2.73. The van der Waals surface area contributed by atoms with Crippen LogP contribution in [0.5, 0.6) is 0 Å². The largest absolute Gasteiger partial charge is 0.241 e. The van der Waals surface area contributed by atoms with Crippen molar-refractivity contribution in [1.82, 2.24) is 4.98 Å². The second kappa shape index (κ2) is 5.35. The lowest BCUT2D eigenvalue weighted by Crippen LogP contribution is -2.07.